The van der Waals surface area contributed by atoms with Gasteiger partial charge in [-0.15, -0.1) is 11.3 Å². The van der Waals surface area contributed by atoms with Crippen LogP contribution in [0, 0.1) is 0 Å². The lowest BCUT2D eigenvalue weighted by atomic mass is 9.95. The Balaban J connectivity index is 1.33. The lowest BCUT2D eigenvalue weighted by Gasteiger charge is -2.31. The normalized spacial score (nSPS) is 16.0. The number of rotatable bonds is 5. The molecular weight excluding hydrogens is 342 g/mol. The summed E-state index contributed by atoms with van der Waals surface area (Å²) in [7, 11) is 0. The Morgan fingerprint density at radius 3 is 2.62 bits per heavy atom. The smallest absolute Gasteiger partial charge is 0.319 e. The zero-order valence-electron chi connectivity index (χ0n) is 13.5. The summed E-state index contributed by atoms with van der Waals surface area (Å²) < 4.78 is 0. The van der Waals surface area contributed by atoms with Gasteiger partial charge in [0.05, 0.1) is 0 Å². The maximum atomic E-state index is 11.9. The molecule has 1 aliphatic heterocycles. The molecule has 2 aromatic rings. The molecule has 2 heterocycles. The molecule has 24 heavy (non-hydrogen) atoms. The molecule has 1 aliphatic rings. The largest absolute Gasteiger partial charge is 0.337 e. The van der Waals surface area contributed by atoms with Gasteiger partial charge in [-0.2, -0.15) is 0 Å². The minimum absolute atomic E-state index is 0.175. The van der Waals surface area contributed by atoms with Crippen LogP contribution in [0.15, 0.2) is 41.8 Å². The van der Waals surface area contributed by atoms with Crippen molar-refractivity contribution < 1.29 is 4.79 Å². The molecule has 2 amide bonds. The summed E-state index contributed by atoms with van der Waals surface area (Å²) in [5.41, 5.74) is 0.744. The SMILES string of the molecule is O=C(NCCN1CCC(c2cccs2)CC1)Nc1ccc(Cl)cc1. The number of amides is 2. The first-order chi connectivity index (χ1) is 11.7. The average Bonchev–Trinajstić information content (AvgIpc) is 3.12. The van der Waals surface area contributed by atoms with Gasteiger partial charge in [0.2, 0.25) is 0 Å². The van der Waals surface area contributed by atoms with Gasteiger partial charge < -0.3 is 15.5 Å². The first kappa shape index (κ1) is 17.3. The molecule has 1 aromatic heterocycles. The number of anilines is 1. The molecular formula is C18H22ClN3OS. The number of hydrogen-bond acceptors (Lipinski definition) is 3. The summed E-state index contributed by atoms with van der Waals surface area (Å²) in [5, 5.41) is 8.53. The Hall–Kier alpha value is -1.56. The minimum Gasteiger partial charge on any atom is -0.337 e. The van der Waals surface area contributed by atoms with Crippen LogP contribution in [0.25, 0.3) is 0 Å². The van der Waals surface area contributed by atoms with E-state index in [1.165, 1.54) is 17.7 Å². The van der Waals surface area contributed by atoms with Crippen molar-refractivity contribution in [2.75, 3.05) is 31.5 Å². The van der Waals surface area contributed by atoms with Gasteiger partial charge in [-0.1, -0.05) is 17.7 Å². The van der Waals surface area contributed by atoms with Gasteiger partial charge in [0.1, 0.15) is 0 Å². The Kier molecular flexibility index (Phi) is 6.12. The number of halogens is 1. The highest BCUT2D eigenvalue weighted by atomic mass is 35.5. The Labute approximate surface area is 151 Å². The third kappa shape index (κ3) is 4.97. The van der Waals surface area contributed by atoms with Gasteiger partial charge in [0.25, 0.3) is 0 Å². The van der Waals surface area contributed by atoms with E-state index in [9.17, 15) is 4.79 Å². The van der Waals surface area contributed by atoms with Gasteiger partial charge in [-0.3, -0.25) is 0 Å². The van der Waals surface area contributed by atoms with Crippen LogP contribution in [0.3, 0.4) is 0 Å². The second kappa shape index (κ2) is 8.51. The number of thiophene rings is 1. The average molecular weight is 364 g/mol. The van der Waals surface area contributed by atoms with Gasteiger partial charge in [-0.05, 0) is 67.6 Å². The van der Waals surface area contributed by atoms with E-state index < -0.39 is 0 Å². The van der Waals surface area contributed by atoms with Crippen molar-refractivity contribution in [3.8, 4) is 0 Å². The Morgan fingerprint density at radius 1 is 1.21 bits per heavy atom. The first-order valence-corrected chi connectivity index (χ1v) is 9.52. The van der Waals surface area contributed by atoms with E-state index in [2.05, 4.69) is 33.0 Å². The van der Waals surface area contributed by atoms with E-state index in [1.807, 2.05) is 11.3 Å². The number of nitrogens with zero attached hydrogens (tertiary/aromatic N) is 1. The van der Waals surface area contributed by atoms with Gasteiger partial charge >= 0.3 is 6.03 Å². The van der Waals surface area contributed by atoms with Crippen LogP contribution in [0.5, 0.6) is 0 Å². The van der Waals surface area contributed by atoms with Crippen molar-refractivity contribution in [3.05, 3.63) is 51.7 Å². The zero-order chi connectivity index (χ0) is 16.8. The fourth-order valence-corrected chi connectivity index (χ4v) is 4.03. The first-order valence-electron chi connectivity index (χ1n) is 8.27. The van der Waals surface area contributed by atoms with Crippen molar-refractivity contribution in [3.63, 3.8) is 0 Å². The van der Waals surface area contributed by atoms with Crippen LogP contribution in [0.4, 0.5) is 10.5 Å². The van der Waals surface area contributed by atoms with Crippen molar-refractivity contribution in [1.29, 1.82) is 0 Å². The van der Waals surface area contributed by atoms with Crippen LogP contribution >= 0.6 is 22.9 Å². The maximum absolute atomic E-state index is 11.9. The third-order valence-corrected chi connectivity index (χ3v) is 5.64. The summed E-state index contributed by atoms with van der Waals surface area (Å²) >= 11 is 7.69. The van der Waals surface area contributed by atoms with Crippen LogP contribution < -0.4 is 10.6 Å². The van der Waals surface area contributed by atoms with Crippen LogP contribution in [-0.4, -0.2) is 37.1 Å². The highest BCUT2D eigenvalue weighted by molar-refractivity contribution is 7.10. The van der Waals surface area contributed by atoms with Crippen LogP contribution in [-0.2, 0) is 0 Å². The molecule has 2 N–H and O–H groups in total. The lowest BCUT2D eigenvalue weighted by Crippen LogP contribution is -2.40. The molecule has 0 spiro atoms. The van der Waals surface area contributed by atoms with Crippen molar-refractivity contribution in [2.24, 2.45) is 0 Å². The quantitative estimate of drug-likeness (QED) is 0.826. The molecule has 0 unspecified atom stereocenters. The molecule has 3 rings (SSSR count). The standard InChI is InChI=1S/C18H22ClN3OS/c19-15-3-5-16(6-4-15)21-18(23)20-9-12-22-10-7-14(8-11-22)17-2-1-13-24-17/h1-6,13-14H,7-12H2,(H2,20,21,23). The molecule has 1 fully saturated rings. The van der Waals surface area contributed by atoms with Crippen molar-refractivity contribution in [2.45, 2.75) is 18.8 Å². The summed E-state index contributed by atoms with van der Waals surface area (Å²) in [6, 6.07) is 11.3. The molecule has 0 bridgehead atoms. The Bertz CT molecular complexity index is 637. The molecule has 1 saturated heterocycles. The number of hydrogen-bond donors (Lipinski definition) is 2. The predicted octanol–water partition coefficient (Wildman–Crippen LogP) is 4.40. The summed E-state index contributed by atoms with van der Waals surface area (Å²) in [6.45, 7) is 3.75. The van der Waals surface area contributed by atoms with Gasteiger partial charge in [0.15, 0.2) is 0 Å². The fourth-order valence-electron chi connectivity index (χ4n) is 3.00. The number of nitrogens with one attached hydrogen (secondary N) is 2. The highest BCUT2D eigenvalue weighted by Crippen LogP contribution is 2.30. The highest BCUT2D eigenvalue weighted by Gasteiger charge is 2.20. The molecule has 128 valence electrons. The van der Waals surface area contributed by atoms with Crippen molar-refractivity contribution in [1.82, 2.24) is 10.2 Å². The summed E-state index contributed by atoms with van der Waals surface area (Å²) in [5.74, 6) is 0.711. The third-order valence-electron chi connectivity index (χ3n) is 4.35. The molecule has 1 aromatic carbocycles. The number of benzene rings is 1. The second-order valence-corrected chi connectivity index (χ2v) is 7.43. The van der Waals surface area contributed by atoms with E-state index >= 15 is 0 Å². The maximum Gasteiger partial charge on any atom is 0.319 e. The molecule has 0 radical (unpaired) electrons. The molecule has 6 heteroatoms. The van der Waals surface area contributed by atoms with E-state index in [-0.39, 0.29) is 6.03 Å². The topological polar surface area (TPSA) is 44.4 Å². The zero-order valence-corrected chi connectivity index (χ0v) is 15.1. The van der Waals surface area contributed by atoms with E-state index in [0.29, 0.717) is 17.5 Å². The summed E-state index contributed by atoms with van der Waals surface area (Å²) in [4.78, 5) is 15.8. The Morgan fingerprint density at radius 2 is 1.96 bits per heavy atom. The van der Waals surface area contributed by atoms with Crippen LogP contribution in [0.1, 0.15) is 23.6 Å². The monoisotopic (exact) mass is 363 g/mol. The lowest BCUT2D eigenvalue weighted by molar-refractivity contribution is 0.212. The number of carbonyl (C=O) groups is 1. The van der Waals surface area contributed by atoms with Gasteiger partial charge in [-0.25, -0.2) is 4.79 Å². The molecule has 4 nitrogen and oxygen atoms in total. The van der Waals surface area contributed by atoms with Crippen LogP contribution in [0.2, 0.25) is 5.02 Å². The van der Waals surface area contributed by atoms with Crippen molar-refractivity contribution >= 4 is 34.7 Å². The second-order valence-electron chi connectivity index (χ2n) is 6.02. The number of carbonyl (C=O) groups excluding carboxylic acids is 1. The van der Waals surface area contributed by atoms with E-state index in [0.717, 1.165) is 25.3 Å². The number of urea groups is 1. The molecule has 0 saturated carbocycles. The predicted molar refractivity (Wildman–Crippen MR) is 101 cm³/mol. The summed E-state index contributed by atoms with van der Waals surface area (Å²) in [6.07, 6.45) is 2.41. The van der Waals surface area contributed by atoms with Gasteiger partial charge in [0, 0.05) is 28.7 Å². The molecule has 0 atom stereocenters. The fraction of sp³-hybridized carbons (Fsp3) is 0.389. The number of piperidine rings is 1. The number of likely N-dealkylation sites (tertiary alicyclic amines) is 1. The molecule has 0 aliphatic carbocycles. The van der Waals surface area contributed by atoms with E-state index in [4.69, 9.17) is 11.6 Å². The van der Waals surface area contributed by atoms with E-state index in [1.54, 1.807) is 24.3 Å². The minimum atomic E-state index is -0.175.